The molecule has 2 aromatic heterocycles. The number of nitrogens with zero attached hydrogens (tertiary/aromatic N) is 4. The van der Waals surface area contributed by atoms with Gasteiger partial charge in [0.2, 0.25) is 5.91 Å². The predicted molar refractivity (Wildman–Crippen MR) is 69.9 cm³/mol. The summed E-state index contributed by atoms with van der Waals surface area (Å²) in [5.41, 5.74) is -0.199. The molecule has 9 heteroatoms. The lowest BCUT2D eigenvalue weighted by Gasteiger charge is -2.15. The Labute approximate surface area is 122 Å². The van der Waals surface area contributed by atoms with Crippen LogP contribution in [0.2, 0.25) is 0 Å². The highest BCUT2D eigenvalue weighted by Crippen LogP contribution is 2.15. The van der Waals surface area contributed by atoms with E-state index >= 15 is 0 Å². The molecule has 2 rings (SSSR count). The van der Waals surface area contributed by atoms with Gasteiger partial charge in [0.25, 0.3) is 0 Å². The highest BCUT2D eigenvalue weighted by atomic mass is 79.9. The van der Waals surface area contributed by atoms with Gasteiger partial charge in [0, 0.05) is 7.05 Å². The van der Waals surface area contributed by atoms with Crippen molar-refractivity contribution in [2.75, 3.05) is 7.05 Å². The smallest absolute Gasteiger partial charge is 0.358 e. The molecule has 0 bridgehead atoms. The van der Waals surface area contributed by atoms with Gasteiger partial charge in [-0.1, -0.05) is 5.21 Å². The Balaban J connectivity index is 1.94. The molecule has 20 heavy (non-hydrogen) atoms. The van der Waals surface area contributed by atoms with Gasteiger partial charge in [-0.15, -0.1) is 5.10 Å². The zero-order valence-corrected chi connectivity index (χ0v) is 12.1. The third-order valence-electron chi connectivity index (χ3n) is 2.50. The maximum absolute atomic E-state index is 11.9. The molecule has 0 aliphatic heterocycles. The van der Waals surface area contributed by atoms with Crippen LogP contribution in [0.4, 0.5) is 0 Å². The third kappa shape index (κ3) is 3.44. The van der Waals surface area contributed by atoms with Crippen LogP contribution in [0, 0.1) is 0 Å². The fraction of sp³-hybridized carbons (Fsp3) is 0.273. The number of likely N-dealkylation sites (N-methyl/N-ethyl adjacent to an activating group) is 1. The molecule has 0 aliphatic carbocycles. The first-order valence-electron chi connectivity index (χ1n) is 5.57. The summed E-state index contributed by atoms with van der Waals surface area (Å²) in [4.78, 5) is 24.0. The molecule has 0 aromatic carbocycles. The third-order valence-corrected chi connectivity index (χ3v) is 2.93. The predicted octanol–water partition coefficient (Wildman–Crippen LogP) is 0.990. The normalized spacial score (nSPS) is 10.5. The highest BCUT2D eigenvalue weighted by molar-refractivity contribution is 9.10. The maximum atomic E-state index is 11.9. The van der Waals surface area contributed by atoms with Crippen LogP contribution in [0.15, 0.2) is 27.4 Å². The number of carboxylic acid groups (broad SMARTS) is 1. The van der Waals surface area contributed by atoms with Crippen molar-refractivity contribution in [2.24, 2.45) is 0 Å². The minimum absolute atomic E-state index is 0.0847. The van der Waals surface area contributed by atoms with Crippen molar-refractivity contribution in [3.8, 4) is 0 Å². The number of halogens is 1. The number of aromatic carboxylic acids is 1. The zero-order valence-electron chi connectivity index (χ0n) is 10.5. The Bertz CT molecular complexity index is 636. The first-order valence-corrected chi connectivity index (χ1v) is 6.36. The molecule has 106 valence electrons. The second kappa shape index (κ2) is 5.87. The second-order valence-electron chi connectivity index (χ2n) is 4.06. The van der Waals surface area contributed by atoms with Gasteiger partial charge in [-0.3, -0.25) is 4.79 Å². The van der Waals surface area contributed by atoms with Crippen LogP contribution >= 0.6 is 15.9 Å². The Morgan fingerprint density at radius 2 is 2.25 bits per heavy atom. The average molecular weight is 343 g/mol. The van der Waals surface area contributed by atoms with Crippen LogP contribution in [-0.2, 0) is 17.9 Å². The van der Waals surface area contributed by atoms with Crippen LogP contribution in [0.1, 0.15) is 16.2 Å². The first-order chi connectivity index (χ1) is 9.45. The van der Waals surface area contributed by atoms with Gasteiger partial charge in [0.15, 0.2) is 10.4 Å². The maximum Gasteiger partial charge on any atom is 0.358 e. The van der Waals surface area contributed by atoms with E-state index in [9.17, 15) is 9.59 Å². The van der Waals surface area contributed by atoms with E-state index in [1.165, 1.54) is 15.8 Å². The summed E-state index contributed by atoms with van der Waals surface area (Å²) in [6.45, 7) is 0.226. The van der Waals surface area contributed by atoms with Crippen LogP contribution in [0.3, 0.4) is 0 Å². The van der Waals surface area contributed by atoms with Gasteiger partial charge in [-0.2, -0.15) is 0 Å². The number of hydrogen-bond acceptors (Lipinski definition) is 5. The lowest BCUT2D eigenvalue weighted by Crippen LogP contribution is -2.29. The molecule has 0 radical (unpaired) electrons. The monoisotopic (exact) mass is 342 g/mol. The Morgan fingerprint density at radius 1 is 1.50 bits per heavy atom. The highest BCUT2D eigenvalue weighted by Gasteiger charge is 2.14. The molecule has 8 nitrogen and oxygen atoms in total. The number of aromatic nitrogens is 3. The van der Waals surface area contributed by atoms with Gasteiger partial charge in [-0.25, -0.2) is 9.48 Å². The van der Waals surface area contributed by atoms with Crippen molar-refractivity contribution in [2.45, 2.75) is 13.1 Å². The van der Waals surface area contributed by atoms with Crippen LogP contribution in [-0.4, -0.2) is 43.9 Å². The lowest BCUT2D eigenvalue weighted by molar-refractivity contribution is -0.131. The summed E-state index contributed by atoms with van der Waals surface area (Å²) >= 11 is 3.18. The molecule has 2 heterocycles. The van der Waals surface area contributed by atoms with E-state index in [0.717, 1.165) is 0 Å². The van der Waals surface area contributed by atoms with Crippen LogP contribution in [0.25, 0.3) is 0 Å². The van der Waals surface area contributed by atoms with Crippen LogP contribution in [0.5, 0.6) is 0 Å². The number of amides is 1. The van der Waals surface area contributed by atoms with E-state index in [-0.39, 0.29) is 18.1 Å². The molecule has 1 amide bonds. The van der Waals surface area contributed by atoms with Crippen molar-refractivity contribution in [3.63, 3.8) is 0 Å². The number of rotatable bonds is 5. The minimum atomic E-state index is -1.18. The first kappa shape index (κ1) is 14.3. The fourth-order valence-electron chi connectivity index (χ4n) is 1.49. The van der Waals surface area contributed by atoms with E-state index < -0.39 is 5.97 Å². The lowest BCUT2D eigenvalue weighted by atomic mass is 10.4. The summed E-state index contributed by atoms with van der Waals surface area (Å²) in [5.74, 6) is -0.783. The van der Waals surface area contributed by atoms with Gasteiger partial charge in [0.05, 0.1) is 12.7 Å². The molecular weight excluding hydrogens is 332 g/mol. The van der Waals surface area contributed by atoms with Crippen LogP contribution < -0.4 is 0 Å². The Hall–Kier alpha value is -2.16. The van der Waals surface area contributed by atoms with Crippen molar-refractivity contribution >= 4 is 27.8 Å². The van der Waals surface area contributed by atoms with Gasteiger partial charge in [-0.05, 0) is 28.1 Å². The Morgan fingerprint density at radius 3 is 2.80 bits per heavy atom. The molecule has 0 unspecified atom stereocenters. The van der Waals surface area contributed by atoms with Crippen molar-refractivity contribution in [3.05, 3.63) is 34.5 Å². The van der Waals surface area contributed by atoms with Crippen molar-refractivity contribution in [1.82, 2.24) is 19.9 Å². The molecule has 1 N–H and O–H groups in total. The van der Waals surface area contributed by atoms with E-state index in [1.54, 1.807) is 19.2 Å². The zero-order chi connectivity index (χ0) is 14.7. The second-order valence-corrected chi connectivity index (χ2v) is 4.84. The number of carbonyl (C=O) groups excluding carboxylic acids is 1. The number of hydrogen-bond donors (Lipinski definition) is 1. The van der Waals surface area contributed by atoms with Crippen molar-refractivity contribution in [1.29, 1.82) is 0 Å². The van der Waals surface area contributed by atoms with Crippen molar-refractivity contribution < 1.29 is 19.1 Å². The fourth-order valence-corrected chi connectivity index (χ4v) is 1.83. The van der Waals surface area contributed by atoms with E-state index in [2.05, 4.69) is 26.2 Å². The largest absolute Gasteiger partial charge is 0.476 e. The molecule has 0 aliphatic rings. The molecular formula is C11H11BrN4O4. The van der Waals surface area contributed by atoms with Gasteiger partial charge < -0.3 is 14.4 Å². The molecule has 2 aromatic rings. The summed E-state index contributed by atoms with van der Waals surface area (Å²) in [6.07, 6.45) is 1.21. The van der Waals surface area contributed by atoms with Gasteiger partial charge >= 0.3 is 5.97 Å². The number of carboxylic acids is 1. The number of carbonyl (C=O) groups is 2. The van der Waals surface area contributed by atoms with Gasteiger partial charge in [0.1, 0.15) is 12.3 Å². The topological polar surface area (TPSA) is 101 Å². The molecule has 0 fully saturated rings. The van der Waals surface area contributed by atoms with E-state index in [1.807, 2.05) is 0 Å². The summed E-state index contributed by atoms with van der Waals surface area (Å²) in [6, 6.07) is 3.50. The molecule has 0 saturated carbocycles. The minimum Gasteiger partial charge on any atom is -0.476 e. The summed E-state index contributed by atoms with van der Waals surface area (Å²) in [5, 5.41) is 15.7. The molecule has 0 spiro atoms. The van der Waals surface area contributed by atoms with E-state index in [4.69, 9.17) is 9.52 Å². The summed E-state index contributed by atoms with van der Waals surface area (Å²) in [7, 11) is 1.62. The summed E-state index contributed by atoms with van der Waals surface area (Å²) < 4.78 is 7.07. The number of furan rings is 1. The quantitative estimate of drug-likeness (QED) is 0.869. The molecule has 0 saturated heterocycles. The average Bonchev–Trinajstić information content (AvgIpc) is 2.98. The van der Waals surface area contributed by atoms with E-state index in [0.29, 0.717) is 17.0 Å². The SMILES string of the molecule is CN(Cc1ccc(Br)o1)C(=O)Cn1cc(C(=O)O)nn1. The molecule has 0 atom stereocenters. The Kier molecular flexibility index (Phi) is 4.18. The standard InChI is InChI=1S/C11H11BrN4O4/c1-15(4-7-2-3-9(12)20-7)10(17)6-16-5-8(11(18)19)13-14-16/h2-3,5H,4,6H2,1H3,(H,18,19).